The summed E-state index contributed by atoms with van der Waals surface area (Å²) in [5.41, 5.74) is 1.06. The Morgan fingerprint density at radius 2 is 2.00 bits per heavy atom. The highest BCUT2D eigenvalue weighted by Gasteiger charge is 2.31. The van der Waals surface area contributed by atoms with E-state index >= 15 is 0 Å². The van der Waals surface area contributed by atoms with E-state index in [4.69, 9.17) is 0 Å². The van der Waals surface area contributed by atoms with Gasteiger partial charge in [-0.2, -0.15) is 0 Å². The van der Waals surface area contributed by atoms with Crippen molar-refractivity contribution in [1.82, 2.24) is 15.1 Å². The third-order valence-electron chi connectivity index (χ3n) is 4.25. The summed E-state index contributed by atoms with van der Waals surface area (Å²) in [4.78, 5) is 16.7. The van der Waals surface area contributed by atoms with Crippen LogP contribution in [0.2, 0.25) is 0 Å². The lowest BCUT2D eigenvalue weighted by atomic mass is 10.1. The first kappa shape index (κ1) is 16.0. The second-order valence-electron chi connectivity index (χ2n) is 6.09. The summed E-state index contributed by atoms with van der Waals surface area (Å²) in [5, 5.41) is 3.31. The number of carbonyl (C=O) groups excluding carboxylic acids is 1. The van der Waals surface area contributed by atoms with E-state index in [0.29, 0.717) is 12.7 Å². The third-order valence-corrected chi connectivity index (χ3v) is 4.25. The average Bonchev–Trinajstić information content (AvgIpc) is 2.85. The van der Waals surface area contributed by atoms with E-state index in [1.54, 1.807) is 0 Å². The first-order valence-corrected chi connectivity index (χ1v) is 7.87. The molecule has 1 atom stereocenters. The molecule has 0 bridgehead atoms. The quantitative estimate of drug-likeness (QED) is 0.782. The summed E-state index contributed by atoms with van der Waals surface area (Å²) >= 11 is 0. The molecule has 1 saturated heterocycles. The smallest absolute Gasteiger partial charge is 0.245 e. The Kier molecular flexibility index (Phi) is 5.76. The van der Waals surface area contributed by atoms with Gasteiger partial charge < -0.3 is 9.80 Å². The van der Waals surface area contributed by atoms with Gasteiger partial charge in [0.1, 0.15) is 6.04 Å². The average molecular weight is 289 g/mol. The molecule has 4 heteroatoms. The van der Waals surface area contributed by atoms with E-state index < -0.39 is 0 Å². The highest BCUT2D eigenvalue weighted by Crippen LogP contribution is 2.20. The zero-order valence-electron chi connectivity index (χ0n) is 13.4. The highest BCUT2D eigenvalue weighted by molar-refractivity contribution is 5.85. The summed E-state index contributed by atoms with van der Waals surface area (Å²) in [5.74, 6) is 0.207. The molecule has 1 unspecified atom stereocenters. The van der Waals surface area contributed by atoms with E-state index in [2.05, 4.69) is 31.1 Å². The summed E-state index contributed by atoms with van der Waals surface area (Å²) < 4.78 is 0. The molecule has 116 valence electrons. The molecule has 1 aromatic rings. The number of carbonyl (C=O) groups is 1. The Morgan fingerprint density at radius 1 is 1.29 bits per heavy atom. The minimum Gasteiger partial charge on any atom is -0.328 e. The molecule has 1 aliphatic rings. The van der Waals surface area contributed by atoms with Gasteiger partial charge in [-0.25, -0.2) is 0 Å². The maximum Gasteiger partial charge on any atom is 0.245 e. The van der Waals surface area contributed by atoms with Crippen molar-refractivity contribution in [3.8, 4) is 0 Å². The summed E-state index contributed by atoms with van der Waals surface area (Å²) in [6.45, 7) is 7.02. The van der Waals surface area contributed by atoms with Gasteiger partial charge in [-0.05, 0) is 45.8 Å². The Labute approximate surface area is 128 Å². The van der Waals surface area contributed by atoms with E-state index in [-0.39, 0.29) is 11.9 Å². The largest absolute Gasteiger partial charge is 0.328 e. The molecule has 4 nitrogen and oxygen atoms in total. The van der Waals surface area contributed by atoms with Crippen LogP contribution in [0.4, 0.5) is 0 Å². The molecule has 0 radical (unpaired) electrons. The highest BCUT2D eigenvalue weighted by atomic mass is 16.2. The van der Waals surface area contributed by atoms with Crippen molar-refractivity contribution in [3.05, 3.63) is 35.9 Å². The standard InChI is InChI=1S/C17H27N3O/c1-14(2)19(3)11-7-8-12-20-13-18-16(17(20)21)15-9-5-4-6-10-15/h4-6,9-10,14,16,18H,7-8,11-13H2,1-3H3. The van der Waals surface area contributed by atoms with Gasteiger partial charge in [0.2, 0.25) is 5.91 Å². The van der Waals surface area contributed by atoms with Crippen molar-refractivity contribution < 1.29 is 4.79 Å². The van der Waals surface area contributed by atoms with Crippen LogP contribution in [0.15, 0.2) is 30.3 Å². The molecule has 0 aromatic heterocycles. The summed E-state index contributed by atoms with van der Waals surface area (Å²) in [6.07, 6.45) is 2.19. The van der Waals surface area contributed by atoms with E-state index in [1.165, 1.54) is 0 Å². The Bertz CT molecular complexity index is 447. The molecule has 1 aromatic carbocycles. The van der Waals surface area contributed by atoms with Gasteiger partial charge in [-0.1, -0.05) is 30.3 Å². The first-order chi connectivity index (χ1) is 10.1. The zero-order chi connectivity index (χ0) is 15.2. The Hall–Kier alpha value is -1.39. The lowest BCUT2D eigenvalue weighted by molar-refractivity contribution is -0.129. The second kappa shape index (κ2) is 7.57. The molecular weight excluding hydrogens is 262 g/mol. The fraction of sp³-hybridized carbons (Fsp3) is 0.588. The van der Waals surface area contributed by atoms with Crippen LogP contribution < -0.4 is 5.32 Å². The van der Waals surface area contributed by atoms with E-state index in [9.17, 15) is 4.79 Å². The van der Waals surface area contributed by atoms with E-state index in [1.807, 2.05) is 35.2 Å². The first-order valence-electron chi connectivity index (χ1n) is 7.87. The fourth-order valence-electron chi connectivity index (χ4n) is 2.57. The van der Waals surface area contributed by atoms with Gasteiger partial charge in [0.05, 0.1) is 6.67 Å². The molecule has 0 aliphatic carbocycles. The topological polar surface area (TPSA) is 35.6 Å². The Morgan fingerprint density at radius 3 is 2.67 bits per heavy atom. The molecule has 1 amide bonds. The molecule has 1 fully saturated rings. The number of unbranched alkanes of at least 4 members (excludes halogenated alkanes) is 1. The monoisotopic (exact) mass is 289 g/mol. The fourth-order valence-corrected chi connectivity index (χ4v) is 2.57. The molecule has 1 heterocycles. The normalized spacial score (nSPS) is 19.0. The van der Waals surface area contributed by atoms with Crippen LogP contribution in [-0.4, -0.2) is 48.6 Å². The molecular formula is C17H27N3O. The maximum absolute atomic E-state index is 12.4. The molecule has 1 N–H and O–H groups in total. The van der Waals surface area contributed by atoms with Crippen molar-refractivity contribution in [2.24, 2.45) is 0 Å². The molecule has 0 saturated carbocycles. The van der Waals surface area contributed by atoms with Gasteiger partial charge in [0.15, 0.2) is 0 Å². The van der Waals surface area contributed by atoms with Crippen molar-refractivity contribution in [1.29, 1.82) is 0 Å². The van der Waals surface area contributed by atoms with Crippen LogP contribution in [0.25, 0.3) is 0 Å². The van der Waals surface area contributed by atoms with Gasteiger partial charge in [-0.15, -0.1) is 0 Å². The van der Waals surface area contributed by atoms with Gasteiger partial charge in [-0.3, -0.25) is 10.1 Å². The van der Waals surface area contributed by atoms with E-state index in [0.717, 1.165) is 31.5 Å². The number of amides is 1. The number of nitrogens with zero attached hydrogens (tertiary/aromatic N) is 2. The summed E-state index contributed by atoms with van der Waals surface area (Å²) in [7, 11) is 2.15. The van der Waals surface area contributed by atoms with Crippen LogP contribution in [-0.2, 0) is 4.79 Å². The second-order valence-corrected chi connectivity index (χ2v) is 6.09. The molecule has 2 rings (SSSR count). The lowest BCUT2D eigenvalue weighted by Crippen LogP contribution is -2.30. The number of hydrogen-bond donors (Lipinski definition) is 1. The van der Waals surface area contributed by atoms with Crippen molar-refractivity contribution in [2.75, 3.05) is 26.8 Å². The number of rotatable bonds is 7. The van der Waals surface area contributed by atoms with Crippen molar-refractivity contribution in [3.63, 3.8) is 0 Å². The van der Waals surface area contributed by atoms with Crippen LogP contribution in [0.5, 0.6) is 0 Å². The number of hydrogen-bond acceptors (Lipinski definition) is 3. The van der Waals surface area contributed by atoms with Gasteiger partial charge in [0, 0.05) is 12.6 Å². The number of nitrogens with one attached hydrogen (secondary N) is 1. The minimum absolute atomic E-state index is 0.162. The van der Waals surface area contributed by atoms with Crippen LogP contribution in [0.1, 0.15) is 38.3 Å². The van der Waals surface area contributed by atoms with Crippen LogP contribution in [0, 0.1) is 0 Å². The SMILES string of the molecule is CC(C)N(C)CCCCN1CNC(c2ccccc2)C1=O. The molecule has 21 heavy (non-hydrogen) atoms. The number of benzene rings is 1. The lowest BCUT2D eigenvalue weighted by Gasteiger charge is -2.21. The van der Waals surface area contributed by atoms with Gasteiger partial charge in [0.25, 0.3) is 0 Å². The van der Waals surface area contributed by atoms with Gasteiger partial charge >= 0.3 is 0 Å². The predicted molar refractivity (Wildman–Crippen MR) is 85.9 cm³/mol. The predicted octanol–water partition coefficient (Wildman–Crippen LogP) is 2.24. The Balaban J connectivity index is 1.75. The maximum atomic E-state index is 12.4. The minimum atomic E-state index is -0.162. The third kappa shape index (κ3) is 4.29. The van der Waals surface area contributed by atoms with Crippen LogP contribution in [0.3, 0.4) is 0 Å². The molecule has 0 spiro atoms. The van der Waals surface area contributed by atoms with Crippen molar-refractivity contribution in [2.45, 2.75) is 38.8 Å². The molecule has 1 aliphatic heterocycles. The van der Waals surface area contributed by atoms with Crippen LogP contribution >= 0.6 is 0 Å². The van der Waals surface area contributed by atoms with Crippen molar-refractivity contribution >= 4 is 5.91 Å². The summed E-state index contributed by atoms with van der Waals surface area (Å²) in [6, 6.07) is 10.4. The zero-order valence-corrected chi connectivity index (χ0v) is 13.4.